The van der Waals surface area contributed by atoms with Crippen molar-refractivity contribution in [1.82, 2.24) is 9.80 Å². The molecule has 0 spiro atoms. The molecule has 0 aliphatic rings. The van der Waals surface area contributed by atoms with Gasteiger partial charge in [0.1, 0.15) is 24.4 Å². The number of amides is 2. The second-order valence-corrected chi connectivity index (χ2v) is 26.2. The Balaban J connectivity index is 0.00000167. The number of benzene rings is 2. The van der Waals surface area contributed by atoms with Gasteiger partial charge in [-0.3, -0.25) is 19.2 Å². The van der Waals surface area contributed by atoms with Crippen LogP contribution in [-0.2, 0) is 64.1 Å². The maximum absolute atomic E-state index is 13.1. The molecule has 0 aliphatic carbocycles. The van der Waals surface area contributed by atoms with Crippen LogP contribution >= 0.6 is 0 Å². The molecule has 0 saturated carbocycles. The highest BCUT2D eigenvalue weighted by atomic mass is 16.6. The second kappa shape index (κ2) is 57.7. The molecule has 0 saturated heterocycles. The van der Waals surface area contributed by atoms with Crippen molar-refractivity contribution >= 4 is 36.1 Å². The minimum Gasteiger partial charge on any atom is -0.481 e. The Morgan fingerprint density at radius 1 is 0.402 bits per heavy atom. The van der Waals surface area contributed by atoms with Gasteiger partial charge in [0.05, 0.1) is 6.61 Å². The number of esters is 2. The molecule has 0 unspecified atom stereocenters. The summed E-state index contributed by atoms with van der Waals surface area (Å²) < 4.78 is 22.0. The minimum atomic E-state index is -0.770. The van der Waals surface area contributed by atoms with Gasteiger partial charge < -0.3 is 44.1 Å². The monoisotopic (exact) mass is 1290 g/mol. The van der Waals surface area contributed by atoms with Crippen LogP contribution in [0.25, 0.3) is 0 Å². The number of aryl methyl sites for hydroxylation is 2. The summed E-state index contributed by atoms with van der Waals surface area (Å²) in [6.07, 6.45) is 44.7. The van der Waals surface area contributed by atoms with Crippen LogP contribution in [0.4, 0.5) is 9.59 Å². The molecule has 0 bridgehead atoms. The van der Waals surface area contributed by atoms with Crippen LogP contribution in [0.5, 0.6) is 0 Å². The molecular weight excluding hydrogens is 1160 g/mol. The van der Waals surface area contributed by atoms with Gasteiger partial charge in [-0.05, 0) is 167 Å². The molecule has 0 fully saturated rings. The van der Waals surface area contributed by atoms with Gasteiger partial charge >= 0.3 is 36.1 Å². The summed E-state index contributed by atoms with van der Waals surface area (Å²) in [6, 6.07) is 16.4. The molecule has 0 aliphatic heterocycles. The highest BCUT2D eigenvalue weighted by Crippen LogP contribution is 2.20. The number of aliphatic hydroxyl groups is 1. The Hall–Kier alpha value is -5.96. The second-order valence-electron chi connectivity index (χ2n) is 26.2. The van der Waals surface area contributed by atoms with Gasteiger partial charge in [0.15, 0.2) is 0 Å². The summed E-state index contributed by atoms with van der Waals surface area (Å²) in [4.78, 5) is 74.8. The Morgan fingerprint density at radius 2 is 0.728 bits per heavy atom. The van der Waals surface area contributed by atoms with Crippen LogP contribution in [0, 0.1) is 0 Å². The van der Waals surface area contributed by atoms with Crippen LogP contribution in [0.15, 0.2) is 85.0 Å². The van der Waals surface area contributed by atoms with E-state index in [1.807, 2.05) is 84.0 Å². The van der Waals surface area contributed by atoms with Crippen molar-refractivity contribution in [2.45, 2.75) is 311 Å². The van der Waals surface area contributed by atoms with E-state index in [1.165, 1.54) is 82.6 Å². The first kappa shape index (κ1) is 86.0. The first-order valence-electron chi connectivity index (χ1n) is 35.5. The Labute approximate surface area is 557 Å². The average molecular weight is 1290 g/mol. The number of carbonyl (C=O) groups is 6. The molecule has 15 heteroatoms. The molecule has 92 heavy (non-hydrogen) atoms. The van der Waals surface area contributed by atoms with Crippen molar-refractivity contribution in [2.75, 3.05) is 32.9 Å². The average Bonchev–Trinajstić information content (AvgIpc) is 1.26. The number of allylic oxidation sites excluding steroid dienone is 3. The van der Waals surface area contributed by atoms with Crippen LogP contribution < -0.4 is 0 Å². The number of hydrogen-bond donors (Lipinski definition) is 3. The van der Waals surface area contributed by atoms with E-state index < -0.39 is 23.1 Å². The van der Waals surface area contributed by atoms with Crippen LogP contribution in [0.3, 0.4) is 0 Å². The van der Waals surface area contributed by atoms with Crippen LogP contribution in [0.1, 0.15) is 296 Å². The molecule has 0 atom stereocenters. The molecule has 2 aromatic carbocycles. The molecule has 0 radical (unpaired) electrons. The number of aliphatic carboxylic acids is 2. The summed E-state index contributed by atoms with van der Waals surface area (Å²) in [5.41, 5.74) is 3.28. The van der Waals surface area contributed by atoms with E-state index in [2.05, 4.69) is 63.3 Å². The lowest BCUT2D eigenvalue weighted by molar-refractivity contribution is -0.143. The minimum absolute atomic E-state index is 0.131. The number of nitrogens with zero attached hydrogens (tertiary/aromatic N) is 2. The van der Waals surface area contributed by atoms with Crippen molar-refractivity contribution in [1.29, 1.82) is 0 Å². The fourth-order valence-corrected chi connectivity index (χ4v) is 9.80. The zero-order valence-electron chi connectivity index (χ0n) is 59.1. The predicted molar refractivity (Wildman–Crippen MR) is 375 cm³/mol. The maximum atomic E-state index is 13.1. The summed E-state index contributed by atoms with van der Waals surface area (Å²) >= 11 is 0. The van der Waals surface area contributed by atoms with Crippen LogP contribution in [0.2, 0.25) is 0 Å². The molecule has 2 aromatic rings. The highest BCUT2D eigenvalue weighted by Gasteiger charge is 2.24. The number of rotatable bonds is 50. The Bertz CT molecular complexity index is 2300. The number of carboxylic acid groups (broad SMARTS) is 2. The largest absolute Gasteiger partial charge is 0.481 e. The van der Waals surface area contributed by atoms with Gasteiger partial charge in [0, 0.05) is 51.9 Å². The Morgan fingerprint density at radius 3 is 1.10 bits per heavy atom. The fraction of sp³-hybridized carbons (Fsp3) is 0.688. The summed E-state index contributed by atoms with van der Waals surface area (Å²) in [7, 11) is 0. The third-order valence-electron chi connectivity index (χ3n) is 14.8. The quantitative estimate of drug-likeness (QED) is 0.0244. The lowest BCUT2D eigenvalue weighted by Gasteiger charge is -2.27. The number of hydrogen-bond acceptors (Lipinski definition) is 11. The van der Waals surface area contributed by atoms with Crippen molar-refractivity contribution in [2.24, 2.45) is 0 Å². The first-order chi connectivity index (χ1) is 44.1. The number of carbonyl (C=O) groups excluding carboxylic acids is 4. The van der Waals surface area contributed by atoms with Gasteiger partial charge in [-0.1, -0.05) is 202 Å². The van der Waals surface area contributed by atoms with Gasteiger partial charge in [-0.15, -0.1) is 0 Å². The van der Waals surface area contributed by atoms with Gasteiger partial charge in [-0.25, -0.2) is 9.59 Å². The molecular formula is C77H128N2O13. The van der Waals surface area contributed by atoms with E-state index >= 15 is 0 Å². The first-order valence-corrected chi connectivity index (χ1v) is 35.5. The summed E-state index contributed by atoms with van der Waals surface area (Å²) in [6.45, 7) is 20.9. The molecule has 2 rings (SSSR count). The van der Waals surface area contributed by atoms with E-state index in [-0.39, 0.29) is 43.6 Å². The highest BCUT2D eigenvalue weighted by molar-refractivity contribution is 5.70. The zero-order chi connectivity index (χ0) is 68.4. The fourth-order valence-electron chi connectivity index (χ4n) is 9.80. The normalized spacial score (nSPS) is 11.5. The molecule has 0 aromatic heterocycles. The van der Waals surface area contributed by atoms with E-state index in [0.717, 1.165) is 126 Å². The van der Waals surface area contributed by atoms with Crippen LogP contribution in [-0.4, -0.2) is 105 Å². The maximum Gasteiger partial charge on any atom is 0.410 e. The molecule has 15 nitrogen and oxygen atoms in total. The lowest BCUT2D eigenvalue weighted by Crippen LogP contribution is -2.37. The zero-order valence-corrected chi connectivity index (χ0v) is 59.1. The van der Waals surface area contributed by atoms with E-state index in [0.29, 0.717) is 65.1 Å². The van der Waals surface area contributed by atoms with Crippen molar-refractivity contribution in [3.05, 3.63) is 107 Å². The molecule has 0 heterocycles. The SMILES string of the molecule is CC(C)(C)OC(=O)N(CCCCCCCC(=O)O)Cc1cccc(CCCCC(=O)O)c1.CCCCCC/C=C\CO.CCCCCC/C=C\COC(=O)CCCCCCCN(Cc1cccc(CCCCC(=O)OC/C=C\CCCCCC)c1)C(=O)OC(C)(C)C. The lowest BCUT2D eigenvalue weighted by atomic mass is 10.0. The number of aliphatic hydroxyl groups excluding tert-OH is 1. The predicted octanol–water partition coefficient (Wildman–Crippen LogP) is 19.8. The summed E-state index contributed by atoms with van der Waals surface area (Å²) in [5.74, 6) is -1.80. The number of carboxylic acids is 2. The number of unbranched alkanes of at least 4 members (excludes halogenated alkanes) is 22. The number of ether oxygens (including phenoxy) is 4. The Kier molecular flexibility index (Phi) is 53.9. The van der Waals surface area contributed by atoms with Gasteiger partial charge in [0.25, 0.3) is 0 Å². The third-order valence-corrected chi connectivity index (χ3v) is 14.8. The van der Waals surface area contributed by atoms with E-state index in [9.17, 15) is 28.8 Å². The van der Waals surface area contributed by atoms with Gasteiger partial charge in [-0.2, -0.15) is 0 Å². The standard InChI is InChI=1S/C43H71NO6.C25H39NO6.C9H18O/c1-6-8-10-12-14-19-25-34-48-40(45)31-21-17-16-18-24-33-44(42(47)50-43(3,4)5)37-39-30-27-29-38(36-39)28-22-23-32-41(46)49-35-26-20-15-13-11-9-7-2;1-25(2,3)32-24(31)26(17-10-6-4-5-7-15-22(27)28)19-21-14-11-13-20(18-21)12-8-9-16-23(29)30;1-2-3-4-5-6-7-8-9-10/h19-20,25-27,29-30,36H,6-18,21-24,28,31-35,37H2,1-5H3;11,13-14,18H,4-10,12,15-17,19H2,1-3H3,(H,27,28)(H,29,30);7-8,10H,2-6,9H2,1H3/b25-19-,26-20-;;8-7-. The van der Waals surface area contributed by atoms with E-state index in [1.54, 1.807) is 9.80 Å². The molecule has 2 amide bonds. The topological polar surface area (TPSA) is 207 Å². The van der Waals surface area contributed by atoms with E-state index in [4.69, 9.17) is 34.3 Å². The smallest absolute Gasteiger partial charge is 0.410 e. The van der Waals surface area contributed by atoms with Crippen molar-refractivity contribution in [3.8, 4) is 0 Å². The molecule has 524 valence electrons. The third kappa shape index (κ3) is 56.8. The van der Waals surface area contributed by atoms with Gasteiger partial charge in [0.2, 0.25) is 0 Å². The van der Waals surface area contributed by atoms with Crippen molar-refractivity contribution in [3.63, 3.8) is 0 Å². The van der Waals surface area contributed by atoms with Crippen molar-refractivity contribution < 1.29 is 63.0 Å². The summed E-state index contributed by atoms with van der Waals surface area (Å²) in [5, 5.41) is 25.9. The molecule has 3 N–H and O–H groups in total.